The summed E-state index contributed by atoms with van der Waals surface area (Å²) in [6.07, 6.45) is 1.55. The molecule has 0 heterocycles. The molecule has 3 aromatic rings. The van der Waals surface area contributed by atoms with Crippen LogP contribution in [0.25, 0.3) is 0 Å². The van der Waals surface area contributed by atoms with E-state index in [9.17, 15) is 9.59 Å². The van der Waals surface area contributed by atoms with Crippen LogP contribution in [0.5, 0.6) is 0 Å². The van der Waals surface area contributed by atoms with Gasteiger partial charge in [0, 0.05) is 40.8 Å². The standard InChI is InChI=1S/C27H28BrClN2O2S/c1-30-27(33)25(18-20-6-3-2-4-7-20)31(19-21-9-11-22(28)12-10-21)26(32)8-5-17-34-24-15-13-23(29)14-16-24/h2-4,6-7,9-16,25H,5,8,17-19H2,1H3,(H,30,33)/t25-/m1/s1. The number of benzene rings is 3. The van der Waals surface area contributed by atoms with Gasteiger partial charge in [-0.25, -0.2) is 0 Å². The van der Waals surface area contributed by atoms with E-state index >= 15 is 0 Å². The van der Waals surface area contributed by atoms with Gasteiger partial charge in [-0.15, -0.1) is 11.8 Å². The number of nitrogens with zero attached hydrogens (tertiary/aromatic N) is 1. The Hall–Kier alpha value is -2.28. The molecule has 0 saturated carbocycles. The highest BCUT2D eigenvalue weighted by molar-refractivity contribution is 9.10. The van der Waals surface area contributed by atoms with Crippen LogP contribution in [0.4, 0.5) is 0 Å². The smallest absolute Gasteiger partial charge is 0.242 e. The van der Waals surface area contributed by atoms with Crippen LogP contribution in [0.3, 0.4) is 0 Å². The summed E-state index contributed by atoms with van der Waals surface area (Å²) in [6.45, 7) is 0.376. The Kier molecular flexibility index (Phi) is 10.5. The zero-order valence-electron chi connectivity index (χ0n) is 19.0. The van der Waals surface area contributed by atoms with Crippen molar-refractivity contribution in [1.82, 2.24) is 10.2 Å². The number of halogens is 2. The van der Waals surface area contributed by atoms with E-state index in [-0.39, 0.29) is 11.8 Å². The maximum absolute atomic E-state index is 13.4. The van der Waals surface area contributed by atoms with Gasteiger partial charge in [0.15, 0.2) is 0 Å². The van der Waals surface area contributed by atoms with Crippen molar-refractivity contribution in [3.8, 4) is 0 Å². The SMILES string of the molecule is CNC(=O)[C@@H](Cc1ccccc1)N(Cc1ccc(Br)cc1)C(=O)CCCSc1ccc(Cl)cc1. The summed E-state index contributed by atoms with van der Waals surface area (Å²) in [4.78, 5) is 29.2. The summed E-state index contributed by atoms with van der Waals surface area (Å²) in [7, 11) is 1.62. The van der Waals surface area contributed by atoms with E-state index in [0.717, 1.165) is 32.7 Å². The normalized spacial score (nSPS) is 11.6. The van der Waals surface area contributed by atoms with Gasteiger partial charge in [-0.05, 0) is 59.7 Å². The van der Waals surface area contributed by atoms with Crippen molar-refractivity contribution in [3.63, 3.8) is 0 Å². The minimum Gasteiger partial charge on any atom is -0.357 e. The molecular formula is C27H28BrClN2O2S. The van der Waals surface area contributed by atoms with E-state index in [0.29, 0.717) is 24.4 Å². The lowest BCUT2D eigenvalue weighted by molar-refractivity contribution is -0.141. The third-order valence-electron chi connectivity index (χ3n) is 5.40. The molecule has 0 fully saturated rings. The quantitative estimate of drug-likeness (QED) is 0.220. The third-order valence-corrected chi connectivity index (χ3v) is 7.28. The summed E-state index contributed by atoms with van der Waals surface area (Å²) in [6, 6.07) is 24.8. The van der Waals surface area contributed by atoms with Gasteiger partial charge in [-0.3, -0.25) is 9.59 Å². The second kappa shape index (κ2) is 13.6. The first-order valence-corrected chi connectivity index (χ1v) is 13.3. The molecule has 0 aromatic heterocycles. The molecule has 0 saturated heterocycles. The highest BCUT2D eigenvalue weighted by Crippen LogP contribution is 2.23. The van der Waals surface area contributed by atoms with Crippen molar-refractivity contribution in [3.05, 3.63) is 99.5 Å². The molecule has 4 nitrogen and oxygen atoms in total. The maximum atomic E-state index is 13.4. The fourth-order valence-corrected chi connectivity index (χ4v) is 4.84. The predicted octanol–water partition coefficient (Wildman–Crippen LogP) is 6.36. The lowest BCUT2D eigenvalue weighted by Gasteiger charge is -2.31. The van der Waals surface area contributed by atoms with Gasteiger partial charge < -0.3 is 10.2 Å². The van der Waals surface area contributed by atoms with Crippen LogP contribution in [0, 0.1) is 0 Å². The molecule has 3 aromatic carbocycles. The van der Waals surface area contributed by atoms with E-state index in [1.165, 1.54) is 0 Å². The monoisotopic (exact) mass is 558 g/mol. The Morgan fingerprint density at radius 1 is 0.971 bits per heavy atom. The zero-order valence-corrected chi connectivity index (χ0v) is 22.2. The molecule has 0 unspecified atom stereocenters. The molecule has 0 radical (unpaired) electrons. The number of carbonyl (C=O) groups is 2. The highest BCUT2D eigenvalue weighted by atomic mass is 79.9. The average Bonchev–Trinajstić information content (AvgIpc) is 2.86. The molecule has 34 heavy (non-hydrogen) atoms. The Balaban J connectivity index is 1.73. The summed E-state index contributed by atoms with van der Waals surface area (Å²) in [5, 5.41) is 3.46. The lowest BCUT2D eigenvalue weighted by Crippen LogP contribution is -2.49. The highest BCUT2D eigenvalue weighted by Gasteiger charge is 2.29. The third kappa shape index (κ3) is 8.19. The van der Waals surface area contributed by atoms with Crippen LogP contribution in [0.1, 0.15) is 24.0 Å². The van der Waals surface area contributed by atoms with E-state index in [1.54, 1.807) is 23.7 Å². The molecule has 0 aliphatic rings. The number of likely N-dealkylation sites (N-methyl/N-ethyl adjacent to an activating group) is 1. The van der Waals surface area contributed by atoms with E-state index in [1.807, 2.05) is 78.9 Å². The second-order valence-corrected chi connectivity index (χ2v) is 10.4. The average molecular weight is 560 g/mol. The van der Waals surface area contributed by atoms with Crippen LogP contribution < -0.4 is 5.32 Å². The van der Waals surface area contributed by atoms with Gasteiger partial charge in [0.1, 0.15) is 6.04 Å². The van der Waals surface area contributed by atoms with Gasteiger partial charge in [-0.2, -0.15) is 0 Å². The number of amides is 2. The van der Waals surface area contributed by atoms with Gasteiger partial charge in [0.25, 0.3) is 0 Å². The minimum absolute atomic E-state index is 0.0239. The number of thioether (sulfide) groups is 1. The van der Waals surface area contributed by atoms with Crippen molar-refractivity contribution in [2.45, 2.75) is 36.7 Å². The number of nitrogens with one attached hydrogen (secondary N) is 1. The zero-order chi connectivity index (χ0) is 24.3. The molecule has 0 spiro atoms. The van der Waals surface area contributed by atoms with Crippen molar-refractivity contribution >= 4 is 51.1 Å². The fraction of sp³-hybridized carbons (Fsp3) is 0.259. The van der Waals surface area contributed by atoms with E-state index < -0.39 is 6.04 Å². The van der Waals surface area contributed by atoms with Gasteiger partial charge in [0.05, 0.1) is 0 Å². The summed E-state index contributed by atoms with van der Waals surface area (Å²) >= 11 is 11.1. The topological polar surface area (TPSA) is 49.4 Å². The second-order valence-electron chi connectivity index (χ2n) is 7.87. The van der Waals surface area contributed by atoms with Crippen LogP contribution in [0.2, 0.25) is 5.02 Å². The van der Waals surface area contributed by atoms with Crippen molar-refractivity contribution < 1.29 is 9.59 Å². The van der Waals surface area contributed by atoms with Crippen LogP contribution >= 0.6 is 39.3 Å². The molecule has 7 heteroatoms. The van der Waals surface area contributed by atoms with Crippen LogP contribution in [-0.4, -0.2) is 35.6 Å². The molecule has 2 amide bonds. The maximum Gasteiger partial charge on any atom is 0.242 e. The first kappa shape index (κ1) is 26.3. The molecule has 0 bridgehead atoms. The Morgan fingerprint density at radius 3 is 2.29 bits per heavy atom. The molecule has 0 aliphatic heterocycles. The van der Waals surface area contributed by atoms with Crippen molar-refractivity contribution in [2.75, 3.05) is 12.8 Å². The Morgan fingerprint density at radius 2 is 1.65 bits per heavy atom. The van der Waals surface area contributed by atoms with Crippen molar-refractivity contribution in [1.29, 1.82) is 0 Å². The van der Waals surface area contributed by atoms with Crippen LogP contribution in [0.15, 0.2) is 88.2 Å². The summed E-state index contributed by atoms with van der Waals surface area (Å²) in [5.74, 6) is 0.622. The molecule has 0 aliphatic carbocycles. The first-order chi connectivity index (χ1) is 16.5. The molecule has 1 N–H and O–H groups in total. The van der Waals surface area contributed by atoms with Crippen LogP contribution in [-0.2, 0) is 22.6 Å². The molecule has 1 atom stereocenters. The van der Waals surface area contributed by atoms with Gasteiger partial charge >= 0.3 is 0 Å². The van der Waals surface area contributed by atoms with E-state index in [2.05, 4.69) is 21.2 Å². The largest absolute Gasteiger partial charge is 0.357 e. The Labute approximate surface area is 219 Å². The van der Waals surface area contributed by atoms with Gasteiger partial charge in [-0.1, -0.05) is 70.0 Å². The molecule has 3 rings (SSSR count). The van der Waals surface area contributed by atoms with Gasteiger partial charge in [0.2, 0.25) is 11.8 Å². The predicted molar refractivity (Wildman–Crippen MR) is 144 cm³/mol. The summed E-state index contributed by atoms with van der Waals surface area (Å²) in [5.41, 5.74) is 2.00. The number of hydrogen-bond donors (Lipinski definition) is 1. The lowest BCUT2D eigenvalue weighted by atomic mass is 10.0. The molecule has 178 valence electrons. The fourth-order valence-electron chi connectivity index (χ4n) is 3.59. The summed E-state index contributed by atoms with van der Waals surface area (Å²) < 4.78 is 0.973. The first-order valence-electron chi connectivity index (χ1n) is 11.1. The number of hydrogen-bond acceptors (Lipinski definition) is 3. The van der Waals surface area contributed by atoms with Crippen molar-refractivity contribution in [2.24, 2.45) is 0 Å². The van der Waals surface area contributed by atoms with E-state index in [4.69, 9.17) is 11.6 Å². The Bertz CT molecular complexity index is 1060. The number of carbonyl (C=O) groups excluding carboxylic acids is 2. The number of rotatable bonds is 11. The minimum atomic E-state index is -0.590. The molecular weight excluding hydrogens is 532 g/mol.